The number of halogens is 3. The van der Waals surface area contributed by atoms with Crippen molar-refractivity contribution in [2.75, 3.05) is 12.3 Å². The lowest BCUT2D eigenvalue weighted by Gasteiger charge is -2.07. The van der Waals surface area contributed by atoms with E-state index < -0.39 is 5.82 Å². The Labute approximate surface area is 88.6 Å². The molecule has 1 rings (SSSR count). The molecule has 5 heteroatoms. The second-order valence-corrected chi connectivity index (χ2v) is 3.71. The van der Waals surface area contributed by atoms with Gasteiger partial charge in [0, 0.05) is 6.61 Å². The van der Waals surface area contributed by atoms with Crippen LogP contribution in [-0.2, 0) is 6.42 Å². The molecule has 1 aromatic carbocycles. The van der Waals surface area contributed by atoms with Crippen molar-refractivity contribution < 1.29 is 9.50 Å². The predicted octanol–water partition coefficient (Wildman–Crippen LogP) is 2.36. The summed E-state index contributed by atoms with van der Waals surface area (Å²) in [5.41, 5.74) is 6.04. The number of benzene rings is 1. The molecule has 0 aromatic heterocycles. The van der Waals surface area contributed by atoms with E-state index in [1.54, 1.807) is 0 Å². The fourth-order valence-corrected chi connectivity index (χ4v) is 1.70. The molecule has 0 aliphatic heterocycles. The summed E-state index contributed by atoms with van der Waals surface area (Å²) in [7, 11) is 0. The Bertz CT molecular complexity index is 332. The maximum atomic E-state index is 13.1. The monoisotopic (exact) mass is 267 g/mol. The third kappa shape index (κ3) is 2.13. The van der Waals surface area contributed by atoms with Crippen LogP contribution in [-0.4, -0.2) is 11.7 Å². The van der Waals surface area contributed by atoms with E-state index >= 15 is 0 Å². The first-order valence-corrected chi connectivity index (χ1v) is 4.77. The fourth-order valence-electron chi connectivity index (χ4n) is 0.981. The molecule has 0 amide bonds. The van der Waals surface area contributed by atoms with Gasteiger partial charge in [0.15, 0.2) is 5.82 Å². The molecule has 0 saturated heterocycles. The van der Waals surface area contributed by atoms with E-state index in [9.17, 15) is 4.39 Å². The molecule has 3 N–H and O–H groups in total. The number of hydrogen-bond donors (Lipinski definition) is 2. The van der Waals surface area contributed by atoms with Gasteiger partial charge in [-0.3, -0.25) is 0 Å². The second kappa shape index (κ2) is 4.26. The highest BCUT2D eigenvalue weighted by Gasteiger charge is 2.12. The van der Waals surface area contributed by atoms with Gasteiger partial charge >= 0.3 is 0 Å². The zero-order valence-electron chi connectivity index (χ0n) is 6.65. The van der Waals surface area contributed by atoms with Gasteiger partial charge in [-0.1, -0.05) is 11.6 Å². The predicted molar refractivity (Wildman–Crippen MR) is 54.3 cm³/mol. The molecule has 0 fully saturated rings. The minimum atomic E-state index is -0.563. The average Bonchev–Trinajstić information content (AvgIpc) is 2.11. The molecule has 0 spiro atoms. The zero-order chi connectivity index (χ0) is 10.0. The first kappa shape index (κ1) is 10.8. The van der Waals surface area contributed by atoms with Gasteiger partial charge in [0.05, 0.1) is 15.2 Å². The van der Waals surface area contributed by atoms with Gasteiger partial charge in [-0.05, 0) is 34.0 Å². The number of hydrogen-bond acceptors (Lipinski definition) is 2. The van der Waals surface area contributed by atoms with E-state index in [4.69, 9.17) is 22.4 Å². The summed E-state index contributed by atoms with van der Waals surface area (Å²) in [4.78, 5) is 0. The molecule has 0 atom stereocenters. The van der Waals surface area contributed by atoms with Crippen molar-refractivity contribution in [3.8, 4) is 0 Å². The van der Waals surface area contributed by atoms with Crippen molar-refractivity contribution >= 4 is 33.2 Å². The summed E-state index contributed by atoms with van der Waals surface area (Å²) in [6.45, 7) is -0.0444. The van der Waals surface area contributed by atoms with Gasteiger partial charge in [0.25, 0.3) is 0 Å². The van der Waals surface area contributed by atoms with Crippen LogP contribution >= 0.6 is 27.5 Å². The number of nitrogens with two attached hydrogens (primary N) is 1. The summed E-state index contributed by atoms with van der Waals surface area (Å²) in [5.74, 6) is -0.563. The minimum Gasteiger partial charge on any atom is -0.396 e. The van der Waals surface area contributed by atoms with Gasteiger partial charge in [-0.15, -0.1) is 0 Å². The summed E-state index contributed by atoms with van der Waals surface area (Å²) in [5, 5.41) is 8.95. The van der Waals surface area contributed by atoms with E-state index in [-0.39, 0.29) is 21.8 Å². The third-order valence-corrected chi connectivity index (χ3v) is 3.04. The average molecular weight is 269 g/mol. The third-order valence-electron chi connectivity index (χ3n) is 1.63. The Morgan fingerprint density at radius 1 is 1.62 bits per heavy atom. The molecule has 0 aliphatic rings. The van der Waals surface area contributed by atoms with Crippen LogP contribution in [0.2, 0.25) is 5.02 Å². The highest BCUT2D eigenvalue weighted by molar-refractivity contribution is 9.10. The highest BCUT2D eigenvalue weighted by Crippen LogP contribution is 2.32. The van der Waals surface area contributed by atoms with Crippen LogP contribution in [0.3, 0.4) is 0 Å². The van der Waals surface area contributed by atoms with Gasteiger partial charge in [-0.25, -0.2) is 4.39 Å². The first-order chi connectivity index (χ1) is 6.07. The molecular weight excluding hydrogens is 260 g/mol. The SMILES string of the molecule is Nc1cc(CCO)c(Cl)c(Br)c1F. The lowest BCUT2D eigenvalue weighted by Crippen LogP contribution is -1.98. The maximum absolute atomic E-state index is 13.1. The highest BCUT2D eigenvalue weighted by atomic mass is 79.9. The van der Waals surface area contributed by atoms with E-state index in [0.29, 0.717) is 12.0 Å². The molecule has 0 heterocycles. The largest absolute Gasteiger partial charge is 0.396 e. The zero-order valence-corrected chi connectivity index (χ0v) is 8.99. The number of aliphatic hydroxyl groups is 1. The van der Waals surface area contributed by atoms with Crippen molar-refractivity contribution in [3.05, 3.63) is 26.9 Å². The van der Waals surface area contributed by atoms with Crippen LogP contribution in [0.5, 0.6) is 0 Å². The van der Waals surface area contributed by atoms with Gasteiger partial charge < -0.3 is 10.8 Å². The molecule has 72 valence electrons. The second-order valence-electron chi connectivity index (χ2n) is 2.54. The number of aliphatic hydroxyl groups excluding tert-OH is 1. The summed E-state index contributed by atoms with van der Waals surface area (Å²) < 4.78 is 13.2. The molecule has 0 unspecified atom stereocenters. The molecule has 0 radical (unpaired) electrons. The Morgan fingerprint density at radius 2 is 2.23 bits per heavy atom. The Kier molecular flexibility index (Phi) is 3.53. The van der Waals surface area contributed by atoms with E-state index in [1.165, 1.54) is 6.07 Å². The van der Waals surface area contributed by atoms with Crippen molar-refractivity contribution in [1.82, 2.24) is 0 Å². The summed E-state index contributed by atoms with van der Waals surface area (Å²) in [6.07, 6.45) is 0.363. The van der Waals surface area contributed by atoms with Crippen molar-refractivity contribution in [1.29, 1.82) is 0 Å². The van der Waals surface area contributed by atoms with Crippen LogP contribution in [0.1, 0.15) is 5.56 Å². The van der Waals surface area contributed by atoms with Crippen LogP contribution < -0.4 is 5.73 Å². The molecular formula is C8H8BrClFNO. The van der Waals surface area contributed by atoms with Gasteiger partial charge in [0.2, 0.25) is 0 Å². The van der Waals surface area contributed by atoms with Crippen molar-refractivity contribution in [2.24, 2.45) is 0 Å². The molecule has 1 aromatic rings. The Hall–Kier alpha value is -0.320. The number of rotatable bonds is 2. The van der Waals surface area contributed by atoms with Crippen LogP contribution in [0, 0.1) is 5.82 Å². The fraction of sp³-hybridized carbons (Fsp3) is 0.250. The molecule has 0 aliphatic carbocycles. The van der Waals surface area contributed by atoms with Crippen LogP contribution in [0.25, 0.3) is 0 Å². The normalized spacial score (nSPS) is 10.5. The maximum Gasteiger partial charge on any atom is 0.161 e. The smallest absolute Gasteiger partial charge is 0.161 e. The molecule has 2 nitrogen and oxygen atoms in total. The van der Waals surface area contributed by atoms with E-state index in [0.717, 1.165) is 0 Å². The standard InChI is InChI=1S/C8H8BrClFNO/c9-6-7(10)4(1-2-13)3-5(12)8(6)11/h3,13H,1-2,12H2. The number of nitrogen functional groups attached to an aromatic ring is 1. The van der Waals surface area contributed by atoms with Gasteiger partial charge in [0.1, 0.15) is 0 Å². The van der Waals surface area contributed by atoms with Crippen LogP contribution in [0.15, 0.2) is 10.5 Å². The topological polar surface area (TPSA) is 46.2 Å². The lowest BCUT2D eigenvalue weighted by molar-refractivity contribution is 0.299. The summed E-state index contributed by atoms with van der Waals surface area (Å²) >= 11 is 8.78. The Morgan fingerprint density at radius 3 is 2.77 bits per heavy atom. The number of anilines is 1. The van der Waals surface area contributed by atoms with E-state index in [2.05, 4.69) is 15.9 Å². The molecule has 0 bridgehead atoms. The molecule has 0 saturated carbocycles. The minimum absolute atomic E-state index is 0.0275. The first-order valence-electron chi connectivity index (χ1n) is 3.60. The van der Waals surface area contributed by atoms with Crippen molar-refractivity contribution in [2.45, 2.75) is 6.42 Å². The molecule has 13 heavy (non-hydrogen) atoms. The quantitative estimate of drug-likeness (QED) is 0.639. The van der Waals surface area contributed by atoms with E-state index in [1.807, 2.05) is 0 Å². The summed E-state index contributed by atoms with van der Waals surface area (Å²) in [6, 6.07) is 1.43. The van der Waals surface area contributed by atoms with Crippen molar-refractivity contribution in [3.63, 3.8) is 0 Å². The lowest BCUT2D eigenvalue weighted by atomic mass is 10.1. The van der Waals surface area contributed by atoms with Gasteiger partial charge in [-0.2, -0.15) is 0 Å². The Balaban J connectivity index is 3.24. The van der Waals surface area contributed by atoms with Crippen LogP contribution in [0.4, 0.5) is 10.1 Å².